The second-order valence-corrected chi connectivity index (χ2v) is 8.86. The Labute approximate surface area is 167 Å². The van der Waals surface area contributed by atoms with Crippen molar-refractivity contribution in [3.05, 3.63) is 29.3 Å². The highest BCUT2D eigenvalue weighted by atomic mass is 35.5. The standard InChI is InChI=1S/C18H28N2O5S.ClH/c1-14-4-5-15(2)17(12-14)25-11-10-19(13-18(21)22)16-6-8-20(9-7-16)26(3,23)24;/h4-5,12,16H,6-11,13H2,1-3H3,(H,21,22);1H. The Morgan fingerprint density at radius 2 is 1.93 bits per heavy atom. The second-order valence-electron chi connectivity index (χ2n) is 6.87. The first-order chi connectivity index (χ1) is 12.2. The molecule has 1 fully saturated rings. The molecule has 1 aromatic rings. The van der Waals surface area contributed by atoms with Crippen LogP contribution in [0.3, 0.4) is 0 Å². The molecule has 7 nitrogen and oxygen atoms in total. The van der Waals surface area contributed by atoms with Gasteiger partial charge in [0.2, 0.25) is 10.0 Å². The molecule has 1 saturated heterocycles. The fraction of sp³-hybridized carbons (Fsp3) is 0.611. The molecule has 154 valence electrons. The van der Waals surface area contributed by atoms with E-state index in [-0.39, 0.29) is 25.0 Å². The van der Waals surface area contributed by atoms with Crippen LogP contribution in [0.15, 0.2) is 18.2 Å². The molecule has 0 atom stereocenters. The van der Waals surface area contributed by atoms with Gasteiger partial charge >= 0.3 is 5.97 Å². The third kappa shape index (κ3) is 7.29. The third-order valence-electron chi connectivity index (χ3n) is 4.73. The van der Waals surface area contributed by atoms with Gasteiger partial charge in [-0.2, -0.15) is 0 Å². The topological polar surface area (TPSA) is 87.2 Å². The summed E-state index contributed by atoms with van der Waals surface area (Å²) in [5.41, 5.74) is 2.16. The van der Waals surface area contributed by atoms with E-state index >= 15 is 0 Å². The molecule has 1 aromatic carbocycles. The molecule has 0 bridgehead atoms. The highest BCUT2D eigenvalue weighted by molar-refractivity contribution is 7.88. The zero-order valence-corrected chi connectivity index (χ0v) is 17.7. The van der Waals surface area contributed by atoms with Crippen molar-refractivity contribution in [1.82, 2.24) is 9.21 Å². The van der Waals surface area contributed by atoms with Gasteiger partial charge in [0.15, 0.2) is 0 Å². The molecular formula is C18H29ClN2O5S. The van der Waals surface area contributed by atoms with Crippen molar-refractivity contribution in [2.45, 2.75) is 32.7 Å². The molecule has 0 aliphatic carbocycles. The maximum atomic E-state index is 11.6. The summed E-state index contributed by atoms with van der Waals surface area (Å²) in [4.78, 5) is 13.1. The van der Waals surface area contributed by atoms with Crippen LogP contribution in [0.4, 0.5) is 0 Å². The van der Waals surface area contributed by atoms with Crippen molar-refractivity contribution < 1.29 is 23.1 Å². The van der Waals surface area contributed by atoms with Crippen molar-refractivity contribution in [3.63, 3.8) is 0 Å². The Balaban J connectivity index is 0.00000364. The Morgan fingerprint density at radius 1 is 1.30 bits per heavy atom. The lowest BCUT2D eigenvalue weighted by molar-refractivity contribution is -0.139. The molecule has 0 radical (unpaired) electrons. The predicted octanol–water partition coefficient (Wildman–Crippen LogP) is 1.91. The van der Waals surface area contributed by atoms with E-state index in [1.807, 2.05) is 36.9 Å². The molecule has 0 saturated carbocycles. The number of piperidine rings is 1. The molecule has 1 heterocycles. The monoisotopic (exact) mass is 420 g/mol. The molecule has 2 rings (SSSR count). The van der Waals surface area contributed by atoms with Crippen LogP contribution in [0, 0.1) is 13.8 Å². The summed E-state index contributed by atoms with van der Waals surface area (Å²) < 4.78 is 30.6. The number of sulfonamides is 1. The number of ether oxygens (including phenoxy) is 1. The largest absolute Gasteiger partial charge is 0.492 e. The van der Waals surface area contributed by atoms with E-state index in [1.165, 1.54) is 10.6 Å². The van der Waals surface area contributed by atoms with Crippen LogP contribution in [0.5, 0.6) is 5.75 Å². The SMILES string of the molecule is Cc1ccc(C)c(OCCN(CC(=O)O)C2CCN(S(C)(=O)=O)CC2)c1.Cl. The van der Waals surface area contributed by atoms with Crippen LogP contribution in [0.25, 0.3) is 0 Å². The molecule has 1 N–H and O–H groups in total. The maximum Gasteiger partial charge on any atom is 0.317 e. The lowest BCUT2D eigenvalue weighted by atomic mass is 10.0. The quantitative estimate of drug-likeness (QED) is 0.691. The second kappa shape index (κ2) is 10.3. The van der Waals surface area contributed by atoms with E-state index in [1.54, 1.807) is 0 Å². The maximum absolute atomic E-state index is 11.6. The van der Waals surface area contributed by atoms with Crippen LogP contribution in [-0.2, 0) is 14.8 Å². The average molecular weight is 421 g/mol. The summed E-state index contributed by atoms with van der Waals surface area (Å²) in [7, 11) is -3.19. The smallest absolute Gasteiger partial charge is 0.317 e. The predicted molar refractivity (Wildman–Crippen MR) is 107 cm³/mol. The number of rotatable bonds is 8. The third-order valence-corrected chi connectivity index (χ3v) is 6.03. The summed E-state index contributed by atoms with van der Waals surface area (Å²) in [5.74, 6) is -0.0746. The first kappa shape index (κ1) is 23.7. The fourth-order valence-corrected chi connectivity index (χ4v) is 4.11. The molecule has 0 unspecified atom stereocenters. The minimum atomic E-state index is -3.19. The summed E-state index contributed by atoms with van der Waals surface area (Å²) >= 11 is 0. The molecule has 9 heteroatoms. The van der Waals surface area contributed by atoms with Gasteiger partial charge in [0.05, 0.1) is 12.8 Å². The van der Waals surface area contributed by atoms with Crippen molar-refractivity contribution in [2.24, 2.45) is 0 Å². The van der Waals surface area contributed by atoms with Crippen molar-refractivity contribution in [1.29, 1.82) is 0 Å². The number of hydrogen-bond donors (Lipinski definition) is 1. The van der Waals surface area contributed by atoms with E-state index in [0.717, 1.165) is 16.9 Å². The summed E-state index contributed by atoms with van der Waals surface area (Å²) in [6, 6.07) is 6.04. The number of carboxylic acid groups (broad SMARTS) is 1. The van der Waals surface area contributed by atoms with Crippen molar-refractivity contribution in [2.75, 3.05) is 39.0 Å². The molecule has 1 aliphatic heterocycles. The highest BCUT2D eigenvalue weighted by Gasteiger charge is 2.29. The number of aryl methyl sites for hydroxylation is 2. The number of halogens is 1. The number of carboxylic acids is 1. The Hall–Kier alpha value is -1.35. The van der Waals surface area contributed by atoms with Crippen molar-refractivity contribution >= 4 is 28.4 Å². The van der Waals surface area contributed by atoms with Gasteiger partial charge in [-0.05, 0) is 43.9 Å². The zero-order valence-electron chi connectivity index (χ0n) is 16.1. The molecule has 0 aromatic heterocycles. The minimum Gasteiger partial charge on any atom is -0.492 e. The Bertz CT molecular complexity index is 733. The van der Waals surface area contributed by atoms with Gasteiger partial charge in [-0.3, -0.25) is 9.69 Å². The van der Waals surface area contributed by atoms with E-state index in [4.69, 9.17) is 4.74 Å². The van der Waals surface area contributed by atoms with Crippen LogP contribution in [-0.4, -0.2) is 73.8 Å². The lowest BCUT2D eigenvalue weighted by Crippen LogP contribution is -2.49. The Morgan fingerprint density at radius 3 is 2.48 bits per heavy atom. The minimum absolute atomic E-state index is 0. The van der Waals surface area contributed by atoms with Crippen LogP contribution < -0.4 is 4.74 Å². The van der Waals surface area contributed by atoms with Crippen LogP contribution >= 0.6 is 12.4 Å². The first-order valence-electron chi connectivity index (χ1n) is 8.78. The summed E-state index contributed by atoms with van der Waals surface area (Å²) in [6.07, 6.45) is 2.47. The van der Waals surface area contributed by atoms with E-state index in [0.29, 0.717) is 39.1 Å². The number of aliphatic carboxylic acids is 1. The lowest BCUT2D eigenvalue weighted by Gasteiger charge is -2.36. The molecule has 0 amide bonds. The fourth-order valence-electron chi connectivity index (χ4n) is 3.24. The van der Waals surface area contributed by atoms with E-state index in [2.05, 4.69) is 0 Å². The number of hydrogen-bond acceptors (Lipinski definition) is 5. The Kier molecular flexibility index (Phi) is 9.01. The van der Waals surface area contributed by atoms with Crippen LogP contribution in [0.2, 0.25) is 0 Å². The van der Waals surface area contributed by atoms with Gasteiger partial charge in [0, 0.05) is 25.7 Å². The first-order valence-corrected chi connectivity index (χ1v) is 10.6. The van der Waals surface area contributed by atoms with Gasteiger partial charge < -0.3 is 9.84 Å². The van der Waals surface area contributed by atoms with E-state index in [9.17, 15) is 18.3 Å². The van der Waals surface area contributed by atoms with E-state index < -0.39 is 16.0 Å². The molecule has 1 aliphatic rings. The van der Waals surface area contributed by atoms with Gasteiger partial charge in [-0.15, -0.1) is 12.4 Å². The molecule has 0 spiro atoms. The van der Waals surface area contributed by atoms with Gasteiger partial charge in [-0.25, -0.2) is 12.7 Å². The zero-order chi connectivity index (χ0) is 19.3. The number of benzene rings is 1. The number of carbonyl (C=O) groups is 1. The van der Waals surface area contributed by atoms with Gasteiger partial charge in [-0.1, -0.05) is 12.1 Å². The number of nitrogens with zero attached hydrogens (tertiary/aromatic N) is 2. The summed E-state index contributed by atoms with van der Waals surface area (Å²) in [5, 5.41) is 9.20. The van der Waals surface area contributed by atoms with Crippen molar-refractivity contribution in [3.8, 4) is 5.75 Å². The van der Waals surface area contributed by atoms with Gasteiger partial charge in [0.1, 0.15) is 12.4 Å². The molecular weight excluding hydrogens is 392 g/mol. The molecule has 27 heavy (non-hydrogen) atoms. The summed E-state index contributed by atoms with van der Waals surface area (Å²) in [6.45, 7) is 5.64. The highest BCUT2D eigenvalue weighted by Crippen LogP contribution is 2.21. The average Bonchev–Trinajstić information content (AvgIpc) is 2.56. The van der Waals surface area contributed by atoms with Gasteiger partial charge in [0.25, 0.3) is 0 Å². The normalized spacial score (nSPS) is 16.1. The van der Waals surface area contributed by atoms with Crippen LogP contribution in [0.1, 0.15) is 24.0 Å².